The van der Waals surface area contributed by atoms with Crippen LogP contribution in [0, 0.1) is 10.1 Å². The molecule has 35 heavy (non-hydrogen) atoms. The summed E-state index contributed by atoms with van der Waals surface area (Å²) in [5, 5.41) is 9.72. The number of ether oxygens (including phenoxy) is 1. The first-order chi connectivity index (χ1) is 16.7. The predicted molar refractivity (Wildman–Crippen MR) is 120 cm³/mol. The summed E-state index contributed by atoms with van der Waals surface area (Å²) in [6.45, 7) is 3.57. The molecule has 2 saturated heterocycles. The minimum absolute atomic E-state index is 0.106. The molecule has 0 spiro atoms. The smallest absolute Gasteiger partial charge is 0.333 e. The number of carbonyl (C=O) groups excluding carboxylic acids is 4. The first-order valence-corrected chi connectivity index (χ1v) is 11.8. The molecule has 11 nitrogen and oxygen atoms in total. The van der Waals surface area contributed by atoms with Crippen molar-refractivity contribution in [3.8, 4) is 0 Å². The summed E-state index contributed by atoms with van der Waals surface area (Å²) in [7, 11) is 0. The lowest BCUT2D eigenvalue weighted by atomic mass is 9.97. The van der Waals surface area contributed by atoms with Gasteiger partial charge >= 0.3 is 5.97 Å². The SMILES string of the molecule is C=C1C[S+]([O-])[C@@H]2C(N3C(=O)c4ccccc4C3=O)C(=O)N2C1C(=O)OCc1ccc([N+](=O)[O-])cc1. The molecule has 12 heteroatoms. The van der Waals surface area contributed by atoms with Crippen LogP contribution in [0.3, 0.4) is 0 Å². The van der Waals surface area contributed by atoms with E-state index in [0.717, 1.165) is 9.80 Å². The van der Waals surface area contributed by atoms with Gasteiger partial charge in [-0.05, 0) is 41.0 Å². The van der Waals surface area contributed by atoms with Crippen LogP contribution in [-0.4, -0.2) is 66.2 Å². The maximum absolute atomic E-state index is 13.1. The molecule has 2 fully saturated rings. The predicted octanol–water partition coefficient (Wildman–Crippen LogP) is 1.16. The van der Waals surface area contributed by atoms with E-state index in [9.17, 15) is 33.8 Å². The minimum Gasteiger partial charge on any atom is -0.614 e. The fraction of sp³-hybridized carbons (Fsp3) is 0.217. The Labute approximate surface area is 201 Å². The van der Waals surface area contributed by atoms with E-state index >= 15 is 0 Å². The van der Waals surface area contributed by atoms with Gasteiger partial charge in [0, 0.05) is 17.7 Å². The Kier molecular flexibility index (Phi) is 5.41. The van der Waals surface area contributed by atoms with Crippen LogP contribution in [-0.2, 0) is 32.1 Å². The highest BCUT2D eigenvalue weighted by Crippen LogP contribution is 2.41. The van der Waals surface area contributed by atoms with Crippen molar-refractivity contribution in [1.82, 2.24) is 9.80 Å². The molecule has 0 aliphatic carbocycles. The quantitative estimate of drug-likeness (QED) is 0.114. The van der Waals surface area contributed by atoms with Gasteiger partial charge in [0.2, 0.25) is 5.37 Å². The van der Waals surface area contributed by atoms with E-state index in [1.54, 1.807) is 12.1 Å². The number of esters is 1. The zero-order valence-electron chi connectivity index (χ0n) is 18.0. The van der Waals surface area contributed by atoms with Gasteiger partial charge in [-0.15, -0.1) is 0 Å². The van der Waals surface area contributed by atoms with Gasteiger partial charge in [-0.1, -0.05) is 18.7 Å². The van der Waals surface area contributed by atoms with Crippen LogP contribution < -0.4 is 0 Å². The lowest BCUT2D eigenvalue weighted by Crippen LogP contribution is -2.79. The maximum atomic E-state index is 13.1. The highest BCUT2D eigenvalue weighted by atomic mass is 32.2. The largest absolute Gasteiger partial charge is 0.614 e. The molecule has 3 amide bonds. The molecule has 3 unspecified atom stereocenters. The fourth-order valence-electron chi connectivity index (χ4n) is 4.48. The normalized spacial score (nSPS) is 25.2. The second-order valence-corrected chi connectivity index (χ2v) is 9.76. The van der Waals surface area contributed by atoms with Crippen molar-refractivity contribution in [2.24, 2.45) is 0 Å². The average molecular weight is 495 g/mol. The zero-order valence-corrected chi connectivity index (χ0v) is 18.8. The van der Waals surface area contributed by atoms with Gasteiger partial charge in [0.15, 0.2) is 12.1 Å². The van der Waals surface area contributed by atoms with E-state index in [2.05, 4.69) is 6.58 Å². The number of imide groups is 1. The van der Waals surface area contributed by atoms with Crippen molar-refractivity contribution >= 4 is 40.6 Å². The molecule has 178 valence electrons. The minimum atomic E-state index is -1.70. The number of carbonyl (C=O) groups is 4. The Morgan fingerprint density at radius 3 is 2.26 bits per heavy atom. The number of benzene rings is 2. The van der Waals surface area contributed by atoms with E-state index in [-0.39, 0.29) is 34.7 Å². The number of nitro groups is 1. The molecular formula is C23H17N3O8S. The molecule has 0 N–H and O–H groups in total. The van der Waals surface area contributed by atoms with Gasteiger partial charge in [-0.2, -0.15) is 0 Å². The van der Waals surface area contributed by atoms with Gasteiger partial charge in [-0.25, -0.2) is 4.79 Å². The van der Waals surface area contributed by atoms with Gasteiger partial charge in [0.1, 0.15) is 12.4 Å². The monoisotopic (exact) mass is 495 g/mol. The van der Waals surface area contributed by atoms with Crippen molar-refractivity contribution in [3.63, 3.8) is 0 Å². The van der Waals surface area contributed by atoms with Crippen LogP contribution in [0.5, 0.6) is 0 Å². The molecule has 3 aliphatic rings. The van der Waals surface area contributed by atoms with E-state index in [4.69, 9.17) is 4.74 Å². The standard InChI is InChI=1S/C23H17N3O8S/c1-12-11-35(33)22-18(24-19(27)15-4-2-3-5-16(15)20(24)28)21(29)25(22)17(12)23(30)34-10-13-6-8-14(9-7-13)26(31)32/h2-9,17-18,22H,1,10-11H2/t17?,18?,22-,35?/m1/s1. The van der Waals surface area contributed by atoms with Crippen LogP contribution in [0.1, 0.15) is 26.3 Å². The topological polar surface area (TPSA) is 150 Å². The Bertz CT molecular complexity index is 1280. The molecule has 3 heterocycles. The molecular weight excluding hydrogens is 478 g/mol. The van der Waals surface area contributed by atoms with Gasteiger partial charge in [0.05, 0.1) is 16.1 Å². The lowest BCUT2D eigenvalue weighted by molar-refractivity contribution is -0.384. The molecule has 0 radical (unpaired) electrons. The number of non-ortho nitro benzene ring substituents is 1. The zero-order chi connectivity index (χ0) is 25.0. The van der Waals surface area contributed by atoms with Crippen molar-refractivity contribution in [1.29, 1.82) is 0 Å². The highest BCUT2D eigenvalue weighted by molar-refractivity contribution is 7.92. The molecule has 4 atom stereocenters. The summed E-state index contributed by atoms with van der Waals surface area (Å²) < 4.78 is 18.2. The van der Waals surface area contributed by atoms with Crippen LogP contribution >= 0.6 is 0 Å². The Morgan fingerprint density at radius 2 is 1.69 bits per heavy atom. The second kappa shape index (κ2) is 8.32. The number of rotatable bonds is 5. The number of amides is 3. The average Bonchev–Trinajstić information content (AvgIpc) is 3.08. The van der Waals surface area contributed by atoms with Crippen LogP contribution in [0.25, 0.3) is 0 Å². The molecule has 0 bridgehead atoms. The van der Waals surface area contributed by atoms with Crippen LogP contribution in [0.2, 0.25) is 0 Å². The summed E-state index contributed by atoms with van der Waals surface area (Å²) in [6.07, 6.45) is 0. The maximum Gasteiger partial charge on any atom is 0.333 e. The van der Waals surface area contributed by atoms with Crippen molar-refractivity contribution in [2.75, 3.05) is 5.75 Å². The summed E-state index contributed by atoms with van der Waals surface area (Å²) in [4.78, 5) is 63.9. The van der Waals surface area contributed by atoms with Crippen LogP contribution in [0.15, 0.2) is 60.7 Å². The number of nitrogens with zero attached hydrogens (tertiary/aromatic N) is 3. The molecule has 2 aromatic rings. The highest BCUT2D eigenvalue weighted by Gasteiger charge is 2.67. The fourth-order valence-corrected chi connectivity index (χ4v) is 6.18. The third kappa shape index (κ3) is 3.49. The van der Waals surface area contributed by atoms with Gasteiger partial charge in [-0.3, -0.25) is 34.3 Å². The molecule has 2 aromatic carbocycles. The number of hydrogen-bond donors (Lipinski definition) is 0. The Morgan fingerprint density at radius 1 is 1.09 bits per heavy atom. The Balaban J connectivity index is 1.34. The van der Waals surface area contributed by atoms with E-state index in [1.807, 2.05) is 0 Å². The first kappa shape index (κ1) is 22.7. The molecule has 5 rings (SSSR count). The summed E-state index contributed by atoms with van der Waals surface area (Å²) in [6, 6.07) is 9.06. The third-order valence-corrected chi connectivity index (χ3v) is 7.85. The number of β-lactam (4-membered cyclic amide) rings is 1. The summed E-state index contributed by atoms with van der Waals surface area (Å²) in [5.74, 6) is -2.92. The summed E-state index contributed by atoms with van der Waals surface area (Å²) >= 11 is -1.70. The molecule has 3 aliphatic heterocycles. The van der Waals surface area contributed by atoms with E-state index in [0.29, 0.717) is 5.56 Å². The van der Waals surface area contributed by atoms with Crippen molar-refractivity contribution in [2.45, 2.75) is 24.1 Å². The Hall–Kier alpha value is -4.03. The van der Waals surface area contributed by atoms with E-state index < -0.39 is 57.2 Å². The number of nitro benzene ring substituents is 1. The van der Waals surface area contributed by atoms with Gasteiger partial charge in [0.25, 0.3) is 23.4 Å². The second-order valence-electron chi connectivity index (χ2n) is 8.22. The van der Waals surface area contributed by atoms with Crippen LogP contribution in [0.4, 0.5) is 5.69 Å². The lowest BCUT2D eigenvalue weighted by Gasteiger charge is -2.53. The van der Waals surface area contributed by atoms with E-state index in [1.165, 1.54) is 36.4 Å². The van der Waals surface area contributed by atoms with Gasteiger partial charge < -0.3 is 9.29 Å². The van der Waals surface area contributed by atoms with Crippen molar-refractivity contribution < 1.29 is 33.4 Å². The molecule has 0 saturated carbocycles. The molecule has 0 aromatic heterocycles. The first-order valence-electron chi connectivity index (χ1n) is 10.4. The van der Waals surface area contributed by atoms with Crippen molar-refractivity contribution in [3.05, 3.63) is 87.5 Å². The third-order valence-electron chi connectivity index (χ3n) is 6.17. The summed E-state index contributed by atoms with van der Waals surface area (Å²) in [5.41, 5.74) is 0.908. The number of fused-ring (bicyclic) bond motifs is 2. The number of hydrogen-bond acceptors (Lipinski definition) is 8.